The van der Waals surface area contributed by atoms with E-state index in [9.17, 15) is 9.69 Å². The number of H-pyrrole nitrogens is 1. The summed E-state index contributed by atoms with van der Waals surface area (Å²) in [4.78, 5) is 47.4. The molecule has 0 spiro atoms. The van der Waals surface area contributed by atoms with Crippen LogP contribution in [0.3, 0.4) is 0 Å². The van der Waals surface area contributed by atoms with Gasteiger partial charge in [-0.15, -0.1) is 0 Å². The number of alkyl halides is 1. The molecule has 24 heteroatoms. The van der Waals surface area contributed by atoms with E-state index in [2.05, 4.69) is 63.8 Å². The SMILES string of the molecule is CC(C)(C)[Si](C)(C)OC[C@H]1O[C@@H](n2cnc3c(N)nc(Cl)nc32)CC1OP(O)(=S)OC[C@H]1O[C@@H](n2cnc3c(=O)[nH]c(N)nc32)C(F)C1O[Si](C)(C)C(C)(C)C. The van der Waals surface area contributed by atoms with Gasteiger partial charge in [0.1, 0.15) is 30.1 Å². The van der Waals surface area contributed by atoms with Crippen molar-refractivity contribution in [3.8, 4) is 0 Å². The van der Waals surface area contributed by atoms with Gasteiger partial charge in [-0.2, -0.15) is 15.0 Å². The Morgan fingerprint density at radius 2 is 1.61 bits per heavy atom. The number of aromatic amines is 1. The van der Waals surface area contributed by atoms with Gasteiger partial charge >= 0.3 is 6.72 Å². The molecule has 2 fully saturated rings. The van der Waals surface area contributed by atoms with Crippen LogP contribution < -0.4 is 17.0 Å². The lowest BCUT2D eigenvalue weighted by Crippen LogP contribution is -2.49. The molecule has 6 rings (SSSR count). The molecule has 0 aliphatic carbocycles. The molecule has 4 unspecified atom stereocenters. The van der Waals surface area contributed by atoms with Crippen LogP contribution in [-0.4, -0.2) is 104 Å². The van der Waals surface area contributed by atoms with E-state index in [-0.39, 0.29) is 51.3 Å². The van der Waals surface area contributed by atoms with Crippen LogP contribution in [0.15, 0.2) is 17.4 Å². The maximum absolute atomic E-state index is 16.7. The number of fused-ring (bicyclic) bond motifs is 2. The van der Waals surface area contributed by atoms with Crippen molar-refractivity contribution in [3.05, 3.63) is 28.3 Å². The van der Waals surface area contributed by atoms with Crippen LogP contribution in [0, 0.1) is 0 Å². The van der Waals surface area contributed by atoms with Crippen LogP contribution >= 0.6 is 18.3 Å². The van der Waals surface area contributed by atoms with Gasteiger partial charge in [-0.1, -0.05) is 41.5 Å². The van der Waals surface area contributed by atoms with Gasteiger partial charge in [0.05, 0.1) is 32.0 Å². The van der Waals surface area contributed by atoms with E-state index in [4.69, 9.17) is 62.2 Å². The van der Waals surface area contributed by atoms with Crippen LogP contribution in [0.1, 0.15) is 60.4 Å². The topological polar surface area (TPSA) is 235 Å². The van der Waals surface area contributed by atoms with Gasteiger partial charge in [0, 0.05) is 6.42 Å². The van der Waals surface area contributed by atoms with Crippen molar-refractivity contribution in [1.29, 1.82) is 0 Å². The highest BCUT2D eigenvalue weighted by atomic mass is 35.5. The summed E-state index contributed by atoms with van der Waals surface area (Å²) in [6, 6.07) is 0. The van der Waals surface area contributed by atoms with E-state index in [1.54, 1.807) is 4.57 Å². The average Bonchev–Trinajstić information content (AvgIpc) is 3.83. The number of anilines is 2. The molecule has 2 aliphatic rings. The molecule has 310 valence electrons. The van der Waals surface area contributed by atoms with E-state index >= 15 is 4.39 Å². The number of hydrogen-bond acceptors (Lipinski definition) is 15. The minimum atomic E-state index is -4.08. The molecule has 6 N–H and O–H groups in total. The Bertz CT molecular complexity index is 2200. The number of rotatable bonds is 12. The molecule has 56 heavy (non-hydrogen) atoms. The lowest BCUT2D eigenvalue weighted by molar-refractivity contribution is -0.0500. The smallest absolute Gasteiger partial charge is 0.324 e. The highest BCUT2D eigenvalue weighted by molar-refractivity contribution is 8.07. The van der Waals surface area contributed by atoms with Crippen LogP contribution in [0.4, 0.5) is 16.2 Å². The molecule has 0 saturated carbocycles. The fraction of sp³-hybridized carbons (Fsp3) is 0.688. The Kier molecular flexibility index (Phi) is 11.8. The fourth-order valence-corrected chi connectivity index (χ4v) is 9.94. The first kappa shape index (κ1) is 43.1. The van der Waals surface area contributed by atoms with Gasteiger partial charge in [0.25, 0.3) is 5.56 Å². The number of ether oxygens (including phenoxy) is 2. The standard InChI is InChI=1S/C32H51ClFN10O8PSSi2/c1-31(2,3)55(7,8)48-13-17-16(11-19(49-17)43-14-37-21-24(35)39-29(33)40-25(21)43)51-53(46,54)47-12-18-23(52-56(9,10)32(4,5)6)20(34)28(50-18)44-15-38-22-26(44)41-30(36)42-27(22)45/h14-20,23,28H,11-13H2,1-10H3,(H,46,54)(H2,35,39,40)(H3,36,41,42,45)/t16?,17-,18-,19-,20?,23?,28-,53?/m1/s1. The zero-order valence-electron chi connectivity index (χ0n) is 33.0. The molecule has 18 nitrogen and oxygen atoms in total. The Morgan fingerprint density at radius 1 is 0.982 bits per heavy atom. The third kappa shape index (κ3) is 8.62. The number of nitrogens with two attached hydrogens (primary N) is 2. The summed E-state index contributed by atoms with van der Waals surface area (Å²) in [5, 5.41) is -0.447. The van der Waals surface area contributed by atoms with Gasteiger partial charge in [-0.25, -0.2) is 14.4 Å². The van der Waals surface area contributed by atoms with Gasteiger partial charge in [-0.05, 0) is 59.7 Å². The summed E-state index contributed by atoms with van der Waals surface area (Å²) in [6.07, 6.45) is -4.57. The zero-order chi connectivity index (χ0) is 41.3. The van der Waals surface area contributed by atoms with Crippen LogP contribution in [-0.2, 0) is 39.2 Å². The minimum Gasteiger partial charge on any atom is -0.414 e. The second kappa shape index (κ2) is 15.3. The van der Waals surface area contributed by atoms with Gasteiger partial charge in [0.2, 0.25) is 11.2 Å². The summed E-state index contributed by atoms with van der Waals surface area (Å²) in [6.45, 7) is 16.3. The average molecular weight is 877 g/mol. The number of nitrogen functional groups attached to an aromatic ring is 2. The van der Waals surface area contributed by atoms with Crippen LogP contribution in [0.25, 0.3) is 22.3 Å². The molecular weight excluding hydrogens is 826 g/mol. The second-order valence-electron chi connectivity index (χ2n) is 17.2. The predicted molar refractivity (Wildman–Crippen MR) is 217 cm³/mol. The molecule has 0 aromatic carbocycles. The van der Waals surface area contributed by atoms with Crippen molar-refractivity contribution < 1.29 is 36.7 Å². The Labute approximate surface area is 335 Å². The molecule has 4 aromatic rings. The molecule has 2 saturated heterocycles. The second-order valence-corrected chi connectivity index (χ2v) is 29.9. The maximum Gasteiger partial charge on any atom is 0.324 e. The van der Waals surface area contributed by atoms with E-state index < -0.39 is 78.6 Å². The minimum absolute atomic E-state index is 0.0333. The molecule has 0 amide bonds. The first-order valence-corrected chi connectivity index (χ1v) is 26.9. The van der Waals surface area contributed by atoms with E-state index in [1.165, 1.54) is 17.2 Å². The molecule has 4 aromatic heterocycles. The van der Waals surface area contributed by atoms with Gasteiger partial charge in [-0.3, -0.25) is 18.9 Å². The highest BCUT2D eigenvalue weighted by Gasteiger charge is 2.52. The van der Waals surface area contributed by atoms with E-state index in [0.717, 1.165) is 0 Å². The number of nitrogens with zero attached hydrogens (tertiary/aromatic N) is 7. The molecule has 2 aliphatic heterocycles. The predicted octanol–water partition coefficient (Wildman–Crippen LogP) is 5.33. The summed E-state index contributed by atoms with van der Waals surface area (Å²) in [5.74, 6) is -0.0575. The van der Waals surface area contributed by atoms with Crippen molar-refractivity contribution in [2.45, 2.75) is 127 Å². The number of aromatic nitrogens is 8. The maximum atomic E-state index is 16.7. The van der Waals surface area contributed by atoms with Gasteiger partial charge < -0.3 is 43.7 Å². The van der Waals surface area contributed by atoms with Crippen molar-refractivity contribution in [2.24, 2.45) is 0 Å². The fourth-order valence-electron chi connectivity index (χ4n) is 5.97. The summed E-state index contributed by atoms with van der Waals surface area (Å²) < 4.78 is 57.6. The van der Waals surface area contributed by atoms with E-state index in [1.807, 2.05) is 33.9 Å². The van der Waals surface area contributed by atoms with Crippen molar-refractivity contribution in [3.63, 3.8) is 0 Å². The number of halogens is 2. The van der Waals surface area contributed by atoms with Crippen LogP contribution in [0.2, 0.25) is 41.5 Å². The normalized spacial score (nSPS) is 26.4. The lowest BCUT2D eigenvalue weighted by atomic mass is 10.1. The Balaban J connectivity index is 1.25. The van der Waals surface area contributed by atoms with Crippen molar-refractivity contribution in [2.75, 3.05) is 24.7 Å². The largest absolute Gasteiger partial charge is 0.414 e. The van der Waals surface area contributed by atoms with Crippen LogP contribution in [0.5, 0.6) is 0 Å². The number of nitrogens with one attached hydrogen (secondary N) is 1. The third-order valence-electron chi connectivity index (χ3n) is 11.2. The first-order chi connectivity index (χ1) is 25.8. The molecule has 8 atom stereocenters. The third-order valence-corrected chi connectivity index (χ3v) is 22.0. The summed E-state index contributed by atoms with van der Waals surface area (Å²) in [7, 11) is -4.87. The quantitative estimate of drug-likeness (QED) is 0.0800. The van der Waals surface area contributed by atoms with Crippen molar-refractivity contribution >= 4 is 80.9 Å². The highest BCUT2D eigenvalue weighted by Crippen LogP contribution is 2.51. The summed E-state index contributed by atoms with van der Waals surface area (Å²) in [5.41, 5.74) is 12.0. The Morgan fingerprint density at radius 3 is 2.27 bits per heavy atom. The monoisotopic (exact) mass is 876 g/mol. The molecule has 0 radical (unpaired) electrons. The molecule has 6 heterocycles. The molecular formula is C32H51ClFN10O8PSSi2. The Hall–Kier alpha value is -2.48. The number of hydrogen-bond donors (Lipinski definition) is 4. The summed E-state index contributed by atoms with van der Waals surface area (Å²) >= 11 is 11.7. The first-order valence-electron chi connectivity index (χ1n) is 18.1. The lowest BCUT2D eigenvalue weighted by Gasteiger charge is -2.39. The van der Waals surface area contributed by atoms with Crippen molar-refractivity contribution in [1.82, 2.24) is 39.0 Å². The zero-order valence-corrected chi connectivity index (χ0v) is 37.5. The number of imidazole rings is 2. The molecule has 0 bridgehead atoms. The van der Waals surface area contributed by atoms with E-state index in [0.29, 0.717) is 11.2 Å². The van der Waals surface area contributed by atoms with Gasteiger partial charge in [0.15, 0.2) is 51.7 Å².